The Morgan fingerprint density at radius 1 is 1.04 bits per heavy atom. The third-order valence-electron chi connectivity index (χ3n) is 5.36. The van der Waals surface area contributed by atoms with E-state index in [1.54, 1.807) is 16.4 Å². The molecule has 0 amide bonds. The number of piperidine rings is 1. The van der Waals surface area contributed by atoms with E-state index < -0.39 is 10.0 Å². The summed E-state index contributed by atoms with van der Waals surface area (Å²) >= 11 is 0. The number of anilines is 1. The van der Waals surface area contributed by atoms with Gasteiger partial charge in [-0.2, -0.15) is 4.31 Å². The predicted molar refractivity (Wildman–Crippen MR) is 102 cm³/mol. The maximum Gasteiger partial charge on any atom is 0.243 e. The lowest BCUT2D eigenvalue weighted by molar-refractivity contribution is 0.122. The van der Waals surface area contributed by atoms with Crippen LogP contribution in [0.25, 0.3) is 10.9 Å². The molecule has 7 heteroatoms. The minimum atomic E-state index is -3.43. The maximum atomic E-state index is 12.9. The number of morpholine rings is 1. The molecule has 0 bridgehead atoms. The summed E-state index contributed by atoms with van der Waals surface area (Å²) in [6.45, 7) is 6.48. The van der Waals surface area contributed by atoms with Crippen molar-refractivity contribution in [1.29, 1.82) is 0 Å². The van der Waals surface area contributed by atoms with Gasteiger partial charge in [-0.1, -0.05) is 6.92 Å². The van der Waals surface area contributed by atoms with E-state index in [2.05, 4.69) is 11.8 Å². The monoisotopic (exact) mass is 375 g/mol. The molecule has 1 aromatic heterocycles. The average Bonchev–Trinajstić information content (AvgIpc) is 2.68. The largest absolute Gasteiger partial charge is 0.378 e. The van der Waals surface area contributed by atoms with Crippen molar-refractivity contribution >= 4 is 26.7 Å². The van der Waals surface area contributed by atoms with Gasteiger partial charge in [0.15, 0.2) is 0 Å². The summed E-state index contributed by atoms with van der Waals surface area (Å²) in [4.78, 5) is 7.26. The fourth-order valence-corrected chi connectivity index (χ4v) is 5.10. The van der Waals surface area contributed by atoms with Crippen molar-refractivity contribution in [3.8, 4) is 0 Å². The van der Waals surface area contributed by atoms with Gasteiger partial charge in [0.05, 0.1) is 23.6 Å². The standard InChI is InChI=1S/C19H25N3O3S/c1-15-6-8-22(9-7-15)26(23,24)17-3-4-18-16(14-17)2-5-19(20-18)21-10-12-25-13-11-21/h2-5,14-15H,6-13H2,1H3. The van der Waals surface area contributed by atoms with E-state index in [1.165, 1.54) is 0 Å². The number of ether oxygens (including phenoxy) is 1. The van der Waals surface area contributed by atoms with Crippen molar-refractivity contribution in [3.63, 3.8) is 0 Å². The van der Waals surface area contributed by atoms with Crippen LogP contribution < -0.4 is 4.90 Å². The highest BCUT2D eigenvalue weighted by molar-refractivity contribution is 7.89. The fraction of sp³-hybridized carbons (Fsp3) is 0.526. The van der Waals surface area contributed by atoms with Crippen LogP contribution in [0.15, 0.2) is 35.2 Å². The second-order valence-corrected chi connectivity index (χ2v) is 9.15. The van der Waals surface area contributed by atoms with Crippen molar-refractivity contribution < 1.29 is 13.2 Å². The summed E-state index contributed by atoms with van der Waals surface area (Å²) in [5, 5.41) is 0.855. The highest BCUT2D eigenvalue weighted by atomic mass is 32.2. The molecule has 26 heavy (non-hydrogen) atoms. The first kappa shape index (κ1) is 17.7. The molecule has 4 rings (SSSR count). The molecular weight excluding hydrogens is 350 g/mol. The van der Waals surface area contributed by atoms with Gasteiger partial charge in [-0.25, -0.2) is 13.4 Å². The SMILES string of the molecule is CC1CCN(S(=O)(=O)c2ccc3nc(N4CCOCC4)ccc3c2)CC1. The zero-order valence-corrected chi connectivity index (χ0v) is 15.9. The van der Waals surface area contributed by atoms with Gasteiger partial charge in [0.1, 0.15) is 5.82 Å². The van der Waals surface area contributed by atoms with Gasteiger partial charge in [0.2, 0.25) is 10.0 Å². The first-order valence-electron chi connectivity index (χ1n) is 9.28. The van der Waals surface area contributed by atoms with E-state index in [1.807, 2.05) is 18.2 Å². The molecule has 0 saturated carbocycles. The smallest absolute Gasteiger partial charge is 0.243 e. The molecule has 2 aliphatic rings. The van der Waals surface area contributed by atoms with Gasteiger partial charge in [-0.3, -0.25) is 0 Å². The number of fused-ring (bicyclic) bond motifs is 1. The summed E-state index contributed by atoms with van der Waals surface area (Å²) in [7, 11) is -3.43. The topological polar surface area (TPSA) is 62.7 Å². The molecule has 0 spiro atoms. The third kappa shape index (κ3) is 3.43. The van der Waals surface area contributed by atoms with Crippen molar-refractivity contribution in [3.05, 3.63) is 30.3 Å². The molecule has 140 valence electrons. The lowest BCUT2D eigenvalue weighted by Gasteiger charge is -2.29. The Morgan fingerprint density at radius 2 is 1.77 bits per heavy atom. The normalized spacial score (nSPS) is 20.6. The summed E-state index contributed by atoms with van der Waals surface area (Å²) in [6, 6.07) is 9.18. The molecule has 2 aliphatic heterocycles. The van der Waals surface area contributed by atoms with Gasteiger partial charge in [0.25, 0.3) is 0 Å². The molecular formula is C19H25N3O3S. The van der Waals surface area contributed by atoms with Crippen LogP contribution in [0.1, 0.15) is 19.8 Å². The zero-order valence-electron chi connectivity index (χ0n) is 15.1. The molecule has 3 heterocycles. The van der Waals surface area contributed by atoms with Crippen molar-refractivity contribution in [1.82, 2.24) is 9.29 Å². The first-order valence-corrected chi connectivity index (χ1v) is 10.7. The number of aromatic nitrogens is 1. The van der Waals surface area contributed by atoms with Crippen LogP contribution in [-0.2, 0) is 14.8 Å². The first-order chi connectivity index (χ1) is 12.5. The second-order valence-electron chi connectivity index (χ2n) is 7.21. The van der Waals surface area contributed by atoms with Gasteiger partial charge in [-0.15, -0.1) is 0 Å². The van der Waals surface area contributed by atoms with Crippen LogP contribution in [0.2, 0.25) is 0 Å². The Bertz CT molecular complexity index is 886. The lowest BCUT2D eigenvalue weighted by Crippen LogP contribution is -2.37. The van der Waals surface area contributed by atoms with Crippen LogP contribution in [0.4, 0.5) is 5.82 Å². The quantitative estimate of drug-likeness (QED) is 0.825. The fourth-order valence-electron chi connectivity index (χ4n) is 3.60. The molecule has 0 radical (unpaired) electrons. The summed E-state index contributed by atoms with van der Waals surface area (Å²) in [5.74, 6) is 1.52. The van der Waals surface area contributed by atoms with Crippen molar-refractivity contribution in [2.75, 3.05) is 44.3 Å². The Kier molecular flexibility index (Phi) is 4.86. The van der Waals surface area contributed by atoms with E-state index in [0.717, 1.165) is 42.7 Å². The van der Waals surface area contributed by atoms with Crippen LogP contribution in [-0.4, -0.2) is 57.1 Å². The van der Waals surface area contributed by atoms with Crippen LogP contribution in [0.3, 0.4) is 0 Å². The highest BCUT2D eigenvalue weighted by Crippen LogP contribution is 2.26. The molecule has 0 unspecified atom stereocenters. The lowest BCUT2D eigenvalue weighted by atomic mass is 10.0. The molecule has 6 nitrogen and oxygen atoms in total. The maximum absolute atomic E-state index is 12.9. The van der Waals surface area contributed by atoms with Crippen LogP contribution >= 0.6 is 0 Å². The number of benzene rings is 1. The number of hydrogen-bond donors (Lipinski definition) is 0. The van der Waals surface area contributed by atoms with E-state index in [9.17, 15) is 8.42 Å². The van der Waals surface area contributed by atoms with E-state index in [-0.39, 0.29) is 0 Å². The summed E-state index contributed by atoms with van der Waals surface area (Å²) in [6.07, 6.45) is 1.86. The van der Waals surface area contributed by atoms with Gasteiger partial charge >= 0.3 is 0 Å². The van der Waals surface area contributed by atoms with Crippen LogP contribution in [0.5, 0.6) is 0 Å². The third-order valence-corrected chi connectivity index (χ3v) is 7.26. The Hall–Kier alpha value is -1.70. The number of rotatable bonds is 3. The highest BCUT2D eigenvalue weighted by Gasteiger charge is 2.28. The summed E-state index contributed by atoms with van der Waals surface area (Å²) in [5.41, 5.74) is 0.820. The minimum Gasteiger partial charge on any atom is -0.378 e. The average molecular weight is 375 g/mol. The second kappa shape index (κ2) is 7.13. The predicted octanol–water partition coefficient (Wildman–Crippen LogP) is 2.49. The summed E-state index contributed by atoms with van der Waals surface area (Å²) < 4.78 is 32.9. The minimum absolute atomic E-state index is 0.362. The molecule has 0 atom stereocenters. The number of nitrogens with zero attached hydrogens (tertiary/aromatic N) is 3. The molecule has 2 fully saturated rings. The van der Waals surface area contributed by atoms with Crippen molar-refractivity contribution in [2.45, 2.75) is 24.7 Å². The molecule has 1 aromatic carbocycles. The Labute approximate surface area is 154 Å². The van der Waals surface area contributed by atoms with Crippen LogP contribution in [0, 0.1) is 5.92 Å². The van der Waals surface area contributed by atoms with Gasteiger partial charge in [-0.05, 0) is 49.1 Å². The van der Waals surface area contributed by atoms with E-state index in [4.69, 9.17) is 9.72 Å². The molecule has 2 aromatic rings. The molecule has 0 aliphatic carbocycles. The number of sulfonamides is 1. The zero-order chi connectivity index (χ0) is 18.1. The molecule has 0 N–H and O–H groups in total. The van der Waals surface area contributed by atoms with Gasteiger partial charge in [0, 0.05) is 31.6 Å². The number of pyridine rings is 1. The van der Waals surface area contributed by atoms with Gasteiger partial charge < -0.3 is 9.64 Å². The Morgan fingerprint density at radius 3 is 2.50 bits per heavy atom. The Balaban J connectivity index is 1.61. The number of hydrogen-bond acceptors (Lipinski definition) is 5. The van der Waals surface area contributed by atoms with E-state index in [0.29, 0.717) is 37.1 Å². The van der Waals surface area contributed by atoms with E-state index >= 15 is 0 Å². The molecule has 2 saturated heterocycles. The van der Waals surface area contributed by atoms with Crippen molar-refractivity contribution in [2.24, 2.45) is 5.92 Å².